The molecule has 1 fully saturated rings. The van der Waals surface area contributed by atoms with Crippen LogP contribution in [0.3, 0.4) is 0 Å². The number of likely N-dealkylation sites (N-methyl/N-ethyl adjacent to an activating group) is 1. The minimum Gasteiger partial charge on any atom is -0.455 e. The smallest absolute Gasteiger partial charge is 0.312 e. The van der Waals surface area contributed by atoms with Crippen molar-refractivity contribution in [1.29, 1.82) is 0 Å². The van der Waals surface area contributed by atoms with Crippen molar-refractivity contribution in [2.75, 3.05) is 20.2 Å². The molecule has 2 heterocycles. The van der Waals surface area contributed by atoms with Gasteiger partial charge in [-0.3, -0.25) is 14.4 Å². The number of nitrogens with one attached hydrogen (secondary N) is 1. The number of carbonyl (C=O) groups excluding carboxylic acids is 3. The molecule has 1 unspecified atom stereocenters. The van der Waals surface area contributed by atoms with E-state index in [-0.39, 0.29) is 24.8 Å². The van der Waals surface area contributed by atoms with E-state index in [0.29, 0.717) is 19.5 Å². The molecule has 1 atom stereocenters. The van der Waals surface area contributed by atoms with Crippen LogP contribution in [0.5, 0.6) is 0 Å². The number of ether oxygens (including phenoxy) is 1. The number of nitrogens with zero attached hydrogens (tertiary/aromatic N) is 1. The molecule has 0 aromatic carbocycles. The fourth-order valence-electron chi connectivity index (χ4n) is 2.33. The van der Waals surface area contributed by atoms with Crippen molar-refractivity contribution in [2.45, 2.75) is 26.3 Å². The normalized spacial score (nSPS) is 20.7. The molecule has 1 N–H and O–H groups in total. The summed E-state index contributed by atoms with van der Waals surface area (Å²) < 4.78 is 6.12. The molecule has 0 spiro atoms. The van der Waals surface area contributed by atoms with Gasteiger partial charge in [0.15, 0.2) is 6.61 Å². The Hall–Kier alpha value is -1.41. The van der Waals surface area contributed by atoms with E-state index in [2.05, 4.69) is 21.2 Å². The van der Waals surface area contributed by atoms with Crippen molar-refractivity contribution in [3.05, 3.63) is 20.8 Å². The van der Waals surface area contributed by atoms with E-state index in [1.54, 1.807) is 25.3 Å². The van der Waals surface area contributed by atoms with Gasteiger partial charge in [-0.25, -0.2) is 0 Å². The molecule has 6 nitrogen and oxygen atoms in total. The molecular formula is C15H19BrN2O4S. The van der Waals surface area contributed by atoms with E-state index in [0.717, 1.165) is 9.35 Å². The molecule has 1 saturated heterocycles. The fourth-order valence-corrected chi connectivity index (χ4v) is 3.83. The Labute approximate surface area is 147 Å². The van der Waals surface area contributed by atoms with E-state index in [1.165, 1.54) is 4.90 Å². The van der Waals surface area contributed by atoms with Gasteiger partial charge in [0.05, 0.1) is 12.0 Å². The van der Waals surface area contributed by atoms with E-state index in [9.17, 15) is 14.4 Å². The topological polar surface area (TPSA) is 75.7 Å². The van der Waals surface area contributed by atoms with Crippen LogP contribution < -0.4 is 5.32 Å². The molecule has 0 radical (unpaired) electrons. The van der Waals surface area contributed by atoms with Crippen LogP contribution in [0.15, 0.2) is 15.9 Å². The Kier molecular flexibility index (Phi) is 5.80. The summed E-state index contributed by atoms with van der Waals surface area (Å²) >= 11 is 4.92. The number of hydrogen-bond donors (Lipinski definition) is 1. The fraction of sp³-hybridized carbons (Fsp3) is 0.533. The van der Waals surface area contributed by atoms with E-state index >= 15 is 0 Å². The molecule has 0 aliphatic carbocycles. The Morgan fingerprint density at radius 3 is 2.87 bits per heavy atom. The monoisotopic (exact) mass is 402 g/mol. The number of halogens is 1. The quantitative estimate of drug-likeness (QED) is 0.763. The van der Waals surface area contributed by atoms with Gasteiger partial charge in [0.25, 0.3) is 5.91 Å². The highest BCUT2D eigenvalue weighted by molar-refractivity contribution is 9.10. The van der Waals surface area contributed by atoms with E-state index < -0.39 is 11.4 Å². The highest BCUT2D eigenvalue weighted by Gasteiger charge is 2.39. The van der Waals surface area contributed by atoms with Crippen LogP contribution in [0.2, 0.25) is 0 Å². The standard InChI is InChI=1S/C15H19BrN2O4S/c1-15(3-4-17-12(19)6-15)14(21)22-8-13(20)18(2)7-11-5-10(16)9-23-11/h5,9H,3-4,6-8H2,1-2H3,(H,17,19). The first-order chi connectivity index (χ1) is 10.8. The zero-order chi connectivity index (χ0) is 17.0. The minimum absolute atomic E-state index is 0.0963. The third kappa shape index (κ3) is 4.78. The maximum Gasteiger partial charge on any atom is 0.312 e. The zero-order valence-electron chi connectivity index (χ0n) is 13.1. The highest BCUT2D eigenvalue weighted by atomic mass is 79.9. The summed E-state index contributed by atoms with van der Waals surface area (Å²) in [6, 6.07) is 1.95. The second kappa shape index (κ2) is 7.44. The largest absolute Gasteiger partial charge is 0.455 e. The second-order valence-electron chi connectivity index (χ2n) is 5.89. The molecule has 1 aliphatic heterocycles. The third-order valence-corrected chi connectivity index (χ3v) is 5.49. The second-order valence-corrected chi connectivity index (χ2v) is 7.81. The number of amides is 2. The van der Waals surface area contributed by atoms with Crippen LogP contribution in [0.4, 0.5) is 0 Å². The average molecular weight is 403 g/mol. The third-order valence-electron chi connectivity index (χ3n) is 3.81. The predicted molar refractivity (Wildman–Crippen MR) is 89.8 cm³/mol. The molecule has 0 bridgehead atoms. The highest BCUT2D eigenvalue weighted by Crippen LogP contribution is 2.30. The summed E-state index contributed by atoms with van der Waals surface area (Å²) in [6.45, 7) is 2.31. The number of hydrogen-bond acceptors (Lipinski definition) is 5. The van der Waals surface area contributed by atoms with Gasteiger partial charge in [-0.1, -0.05) is 0 Å². The number of rotatable bonds is 5. The molecule has 2 rings (SSSR count). The van der Waals surface area contributed by atoms with Crippen molar-refractivity contribution in [3.8, 4) is 0 Å². The molecule has 0 saturated carbocycles. The van der Waals surface area contributed by atoms with Gasteiger partial charge in [0, 0.05) is 34.7 Å². The first-order valence-electron chi connectivity index (χ1n) is 7.21. The summed E-state index contributed by atoms with van der Waals surface area (Å²) in [5.74, 6) is -0.929. The van der Waals surface area contributed by atoms with Gasteiger partial charge in [0.2, 0.25) is 5.91 Å². The van der Waals surface area contributed by atoms with Gasteiger partial charge >= 0.3 is 5.97 Å². The van der Waals surface area contributed by atoms with Crippen molar-refractivity contribution >= 4 is 45.1 Å². The van der Waals surface area contributed by atoms with E-state index in [1.807, 2.05) is 11.4 Å². The maximum absolute atomic E-state index is 12.2. The summed E-state index contributed by atoms with van der Waals surface area (Å²) in [6.07, 6.45) is 0.615. The first-order valence-corrected chi connectivity index (χ1v) is 8.88. The van der Waals surface area contributed by atoms with Crippen LogP contribution in [-0.4, -0.2) is 42.9 Å². The number of esters is 1. The summed E-state index contributed by atoms with van der Waals surface area (Å²) in [5.41, 5.74) is -0.847. The Balaban J connectivity index is 1.83. The minimum atomic E-state index is -0.847. The van der Waals surface area contributed by atoms with Crippen molar-refractivity contribution in [3.63, 3.8) is 0 Å². The lowest BCUT2D eigenvalue weighted by atomic mass is 9.81. The molecule has 1 aliphatic rings. The summed E-state index contributed by atoms with van der Waals surface area (Å²) in [5, 5.41) is 4.63. The zero-order valence-corrected chi connectivity index (χ0v) is 15.5. The molecule has 23 heavy (non-hydrogen) atoms. The Morgan fingerprint density at radius 2 is 2.26 bits per heavy atom. The lowest BCUT2D eigenvalue weighted by Crippen LogP contribution is -2.45. The summed E-state index contributed by atoms with van der Waals surface area (Å²) in [4.78, 5) is 38.2. The van der Waals surface area contributed by atoms with Gasteiger partial charge in [0.1, 0.15) is 0 Å². The van der Waals surface area contributed by atoms with Crippen molar-refractivity contribution < 1.29 is 19.1 Å². The lowest BCUT2D eigenvalue weighted by Gasteiger charge is -2.30. The number of piperidine rings is 1. The first kappa shape index (κ1) is 17.9. The van der Waals surface area contributed by atoms with Crippen LogP contribution in [0, 0.1) is 5.41 Å². The molecule has 126 valence electrons. The molecule has 1 aromatic heterocycles. The SMILES string of the molecule is CN(Cc1cc(Br)cs1)C(=O)COC(=O)C1(C)CCNC(=O)C1. The van der Waals surface area contributed by atoms with Crippen LogP contribution in [0.25, 0.3) is 0 Å². The van der Waals surface area contributed by atoms with Crippen molar-refractivity contribution in [1.82, 2.24) is 10.2 Å². The number of thiophene rings is 1. The van der Waals surface area contributed by atoms with Crippen LogP contribution in [-0.2, 0) is 25.7 Å². The van der Waals surface area contributed by atoms with Gasteiger partial charge in [-0.2, -0.15) is 0 Å². The Morgan fingerprint density at radius 1 is 1.52 bits per heavy atom. The van der Waals surface area contributed by atoms with Crippen LogP contribution in [0.1, 0.15) is 24.6 Å². The maximum atomic E-state index is 12.2. The average Bonchev–Trinajstić information content (AvgIpc) is 2.89. The predicted octanol–water partition coefficient (Wildman–Crippen LogP) is 1.93. The number of carbonyl (C=O) groups is 3. The Bertz CT molecular complexity index is 618. The molecule has 1 aromatic rings. The molecule has 2 amide bonds. The van der Waals surface area contributed by atoms with Gasteiger partial charge < -0.3 is 15.0 Å². The lowest BCUT2D eigenvalue weighted by molar-refractivity contribution is -0.163. The van der Waals surface area contributed by atoms with E-state index in [4.69, 9.17) is 4.74 Å². The van der Waals surface area contributed by atoms with Crippen molar-refractivity contribution in [2.24, 2.45) is 5.41 Å². The van der Waals surface area contributed by atoms with Gasteiger partial charge in [-0.15, -0.1) is 11.3 Å². The summed E-state index contributed by atoms with van der Waals surface area (Å²) in [7, 11) is 1.67. The molecular weight excluding hydrogens is 384 g/mol. The molecule has 8 heteroatoms. The van der Waals surface area contributed by atoms with Crippen LogP contribution >= 0.6 is 27.3 Å². The van der Waals surface area contributed by atoms with Gasteiger partial charge in [-0.05, 0) is 35.3 Å².